The number of ether oxygens (including phenoxy) is 1. The summed E-state index contributed by atoms with van der Waals surface area (Å²) < 4.78 is 5.09. The first-order valence-corrected chi connectivity index (χ1v) is 8.87. The first-order chi connectivity index (χ1) is 12.4. The summed E-state index contributed by atoms with van der Waals surface area (Å²) >= 11 is 0. The Bertz CT molecular complexity index is 575. The van der Waals surface area contributed by atoms with Gasteiger partial charge >= 0.3 is 12.1 Å². The Morgan fingerprint density at radius 3 is 2.38 bits per heavy atom. The molecule has 144 valence electrons. The van der Waals surface area contributed by atoms with Crippen LogP contribution in [-0.2, 0) is 20.9 Å². The van der Waals surface area contributed by atoms with Crippen LogP contribution in [0, 0.1) is 5.92 Å². The van der Waals surface area contributed by atoms with Crippen LogP contribution in [0.25, 0.3) is 0 Å². The van der Waals surface area contributed by atoms with Crippen molar-refractivity contribution < 1.29 is 24.2 Å². The SMILES string of the molecule is CC(C)[C@H](NC(=O)CCCCCNC(=O)OCc1ccccc1)C(=O)O. The third-order valence-corrected chi connectivity index (χ3v) is 3.81. The van der Waals surface area contributed by atoms with E-state index >= 15 is 0 Å². The highest BCUT2D eigenvalue weighted by molar-refractivity contribution is 5.83. The van der Waals surface area contributed by atoms with Crippen LogP contribution in [0.3, 0.4) is 0 Å². The van der Waals surface area contributed by atoms with Crippen LogP contribution >= 0.6 is 0 Å². The first-order valence-electron chi connectivity index (χ1n) is 8.87. The first kappa shape index (κ1) is 21.5. The minimum Gasteiger partial charge on any atom is -0.480 e. The van der Waals surface area contributed by atoms with Gasteiger partial charge in [0.1, 0.15) is 12.6 Å². The molecule has 26 heavy (non-hydrogen) atoms. The van der Waals surface area contributed by atoms with Crippen molar-refractivity contribution in [3.05, 3.63) is 35.9 Å². The highest BCUT2D eigenvalue weighted by atomic mass is 16.5. The van der Waals surface area contributed by atoms with E-state index in [0.29, 0.717) is 13.0 Å². The van der Waals surface area contributed by atoms with Gasteiger partial charge in [0.05, 0.1) is 0 Å². The van der Waals surface area contributed by atoms with Crippen LogP contribution in [0.15, 0.2) is 30.3 Å². The summed E-state index contributed by atoms with van der Waals surface area (Å²) in [5, 5.41) is 14.2. The number of carboxylic acids is 1. The fourth-order valence-electron chi connectivity index (χ4n) is 2.31. The third-order valence-electron chi connectivity index (χ3n) is 3.81. The van der Waals surface area contributed by atoms with Gasteiger partial charge in [0, 0.05) is 13.0 Å². The number of hydrogen-bond donors (Lipinski definition) is 3. The van der Waals surface area contributed by atoms with E-state index in [1.165, 1.54) is 0 Å². The molecular weight excluding hydrogens is 336 g/mol. The minimum absolute atomic E-state index is 0.164. The van der Waals surface area contributed by atoms with E-state index in [1.54, 1.807) is 13.8 Å². The average molecular weight is 364 g/mol. The van der Waals surface area contributed by atoms with Gasteiger partial charge in [-0.1, -0.05) is 50.6 Å². The minimum atomic E-state index is -1.02. The van der Waals surface area contributed by atoms with Crippen LogP contribution in [0.4, 0.5) is 4.79 Å². The number of carboxylic acid groups (broad SMARTS) is 1. The van der Waals surface area contributed by atoms with Crippen molar-refractivity contribution in [1.82, 2.24) is 10.6 Å². The largest absolute Gasteiger partial charge is 0.480 e. The number of unbranched alkanes of at least 4 members (excludes halogenated alkanes) is 2. The quantitative estimate of drug-likeness (QED) is 0.524. The summed E-state index contributed by atoms with van der Waals surface area (Å²) in [5.41, 5.74) is 0.926. The van der Waals surface area contributed by atoms with Crippen LogP contribution in [0.1, 0.15) is 45.1 Å². The van der Waals surface area contributed by atoms with Crippen molar-refractivity contribution in [2.24, 2.45) is 5.92 Å². The predicted octanol–water partition coefficient (Wildman–Crippen LogP) is 2.70. The fourth-order valence-corrected chi connectivity index (χ4v) is 2.31. The van der Waals surface area contributed by atoms with Gasteiger partial charge in [0.2, 0.25) is 5.91 Å². The summed E-state index contributed by atoms with van der Waals surface area (Å²) in [7, 11) is 0. The molecule has 0 bridgehead atoms. The molecule has 0 radical (unpaired) electrons. The molecule has 0 aliphatic rings. The monoisotopic (exact) mass is 364 g/mol. The van der Waals surface area contributed by atoms with Crippen molar-refractivity contribution in [2.75, 3.05) is 6.54 Å². The van der Waals surface area contributed by atoms with Crippen LogP contribution in [0.5, 0.6) is 0 Å². The van der Waals surface area contributed by atoms with E-state index in [9.17, 15) is 14.4 Å². The van der Waals surface area contributed by atoms with Gasteiger partial charge in [-0.25, -0.2) is 9.59 Å². The number of nitrogens with one attached hydrogen (secondary N) is 2. The fraction of sp³-hybridized carbons (Fsp3) is 0.526. The van der Waals surface area contributed by atoms with Gasteiger partial charge in [0.25, 0.3) is 0 Å². The number of benzene rings is 1. The molecule has 0 aliphatic carbocycles. The number of carbonyl (C=O) groups excluding carboxylic acids is 2. The van der Waals surface area contributed by atoms with Gasteiger partial charge in [-0.3, -0.25) is 4.79 Å². The van der Waals surface area contributed by atoms with Crippen LogP contribution in [-0.4, -0.2) is 35.7 Å². The molecule has 0 heterocycles. The van der Waals surface area contributed by atoms with Crippen LogP contribution in [0.2, 0.25) is 0 Å². The number of alkyl carbamates (subject to hydrolysis) is 1. The van der Waals surface area contributed by atoms with Gasteiger partial charge in [0.15, 0.2) is 0 Å². The zero-order valence-electron chi connectivity index (χ0n) is 15.4. The van der Waals surface area contributed by atoms with Crippen molar-refractivity contribution >= 4 is 18.0 Å². The average Bonchev–Trinajstić information content (AvgIpc) is 2.61. The lowest BCUT2D eigenvalue weighted by Gasteiger charge is -2.17. The Kier molecular flexibility index (Phi) is 9.82. The molecule has 2 amide bonds. The molecule has 1 aromatic carbocycles. The Balaban J connectivity index is 2.07. The topological polar surface area (TPSA) is 105 Å². The summed E-state index contributed by atoms with van der Waals surface area (Å²) in [6, 6.07) is 8.57. The standard InChI is InChI=1S/C19H28N2O5/c1-14(2)17(18(23)24)21-16(22)11-7-4-8-12-20-19(25)26-13-15-9-5-3-6-10-15/h3,5-6,9-10,14,17H,4,7-8,11-13H2,1-2H3,(H,20,25)(H,21,22)(H,23,24)/t17-/m0/s1. The third kappa shape index (κ3) is 9.05. The van der Waals surface area contributed by atoms with E-state index in [0.717, 1.165) is 18.4 Å². The Hall–Kier alpha value is -2.57. The van der Waals surface area contributed by atoms with E-state index in [2.05, 4.69) is 10.6 Å². The number of amides is 2. The van der Waals surface area contributed by atoms with E-state index in [4.69, 9.17) is 9.84 Å². The molecule has 3 N–H and O–H groups in total. The second-order valence-corrected chi connectivity index (χ2v) is 6.43. The zero-order valence-corrected chi connectivity index (χ0v) is 15.4. The molecule has 0 spiro atoms. The van der Waals surface area contributed by atoms with Gasteiger partial charge < -0.3 is 20.5 Å². The zero-order chi connectivity index (χ0) is 19.4. The molecule has 0 fully saturated rings. The number of hydrogen-bond acceptors (Lipinski definition) is 4. The normalized spacial score (nSPS) is 11.7. The number of rotatable bonds is 11. The van der Waals surface area contributed by atoms with Gasteiger partial charge in [-0.2, -0.15) is 0 Å². The second kappa shape index (κ2) is 11.9. The van der Waals surface area contributed by atoms with Crippen molar-refractivity contribution in [2.45, 2.75) is 52.2 Å². The van der Waals surface area contributed by atoms with Crippen LogP contribution < -0.4 is 10.6 Å². The maximum absolute atomic E-state index is 11.8. The molecule has 1 aromatic rings. The summed E-state index contributed by atoms with van der Waals surface area (Å²) in [6.45, 7) is 4.20. The molecule has 7 heteroatoms. The molecule has 1 atom stereocenters. The van der Waals surface area contributed by atoms with E-state index < -0.39 is 18.1 Å². The second-order valence-electron chi connectivity index (χ2n) is 6.43. The van der Waals surface area contributed by atoms with Crippen molar-refractivity contribution in [3.63, 3.8) is 0 Å². The van der Waals surface area contributed by atoms with Gasteiger partial charge in [-0.15, -0.1) is 0 Å². The lowest BCUT2D eigenvalue weighted by atomic mass is 10.0. The highest BCUT2D eigenvalue weighted by Gasteiger charge is 2.22. The molecule has 0 saturated heterocycles. The molecule has 1 rings (SSSR count). The van der Waals surface area contributed by atoms with Crippen molar-refractivity contribution in [1.29, 1.82) is 0 Å². The Morgan fingerprint density at radius 2 is 1.77 bits per heavy atom. The number of carbonyl (C=O) groups is 3. The molecule has 0 aromatic heterocycles. The van der Waals surface area contributed by atoms with Crippen molar-refractivity contribution in [3.8, 4) is 0 Å². The molecular formula is C19H28N2O5. The molecule has 0 saturated carbocycles. The van der Waals surface area contributed by atoms with Gasteiger partial charge in [-0.05, 0) is 24.3 Å². The predicted molar refractivity (Wildman–Crippen MR) is 97.5 cm³/mol. The maximum atomic E-state index is 11.8. The van der Waals surface area contributed by atoms with E-state index in [-0.39, 0.29) is 24.9 Å². The smallest absolute Gasteiger partial charge is 0.407 e. The maximum Gasteiger partial charge on any atom is 0.407 e. The lowest BCUT2D eigenvalue weighted by molar-refractivity contribution is -0.143. The Labute approximate surface area is 154 Å². The summed E-state index contributed by atoms with van der Waals surface area (Å²) in [5.74, 6) is -1.45. The Morgan fingerprint density at radius 1 is 1.08 bits per heavy atom. The molecule has 0 unspecified atom stereocenters. The lowest BCUT2D eigenvalue weighted by Crippen LogP contribution is -2.44. The summed E-state index contributed by atoms with van der Waals surface area (Å²) in [4.78, 5) is 34.3. The molecule has 7 nitrogen and oxygen atoms in total. The highest BCUT2D eigenvalue weighted by Crippen LogP contribution is 2.05. The summed E-state index contributed by atoms with van der Waals surface area (Å²) in [6.07, 6.45) is 1.92. The van der Waals surface area contributed by atoms with E-state index in [1.807, 2.05) is 30.3 Å². The molecule has 0 aliphatic heterocycles. The number of aliphatic carboxylic acids is 1.